The molecule has 0 unspecified atom stereocenters. The molecule has 120 valence electrons. The number of amides is 1. The lowest BCUT2D eigenvalue weighted by Gasteiger charge is -2.36. The summed E-state index contributed by atoms with van der Waals surface area (Å²) in [6.45, 7) is 0.683. The van der Waals surface area contributed by atoms with Crippen molar-refractivity contribution < 1.29 is 14.7 Å². The number of rotatable bonds is 6. The van der Waals surface area contributed by atoms with Crippen LogP contribution in [0.15, 0.2) is 0 Å². The van der Waals surface area contributed by atoms with Crippen LogP contribution in [0.5, 0.6) is 0 Å². The van der Waals surface area contributed by atoms with Gasteiger partial charge in [-0.1, -0.05) is 32.1 Å². The maximum absolute atomic E-state index is 12.2. The van der Waals surface area contributed by atoms with E-state index in [4.69, 9.17) is 0 Å². The van der Waals surface area contributed by atoms with Gasteiger partial charge in [-0.05, 0) is 31.9 Å². The van der Waals surface area contributed by atoms with Crippen molar-refractivity contribution in [3.05, 3.63) is 0 Å². The molecule has 4 nitrogen and oxygen atoms in total. The fourth-order valence-electron chi connectivity index (χ4n) is 3.80. The average molecular weight is 313 g/mol. The lowest BCUT2D eigenvalue weighted by molar-refractivity contribution is -0.151. The van der Waals surface area contributed by atoms with Gasteiger partial charge in [0.25, 0.3) is 0 Å². The molecule has 2 fully saturated rings. The second-order valence-electron chi connectivity index (χ2n) is 6.69. The third-order valence-corrected chi connectivity index (χ3v) is 6.74. The van der Waals surface area contributed by atoms with Gasteiger partial charge in [0, 0.05) is 17.7 Å². The van der Waals surface area contributed by atoms with E-state index in [1.807, 2.05) is 11.8 Å². The highest BCUT2D eigenvalue weighted by atomic mass is 32.2. The molecule has 2 rings (SSSR count). The van der Waals surface area contributed by atoms with Crippen molar-refractivity contribution in [2.45, 2.75) is 69.0 Å². The maximum atomic E-state index is 12.2. The molecule has 5 heteroatoms. The van der Waals surface area contributed by atoms with E-state index in [1.54, 1.807) is 0 Å². The Bertz CT molecular complexity index is 385. The maximum Gasteiger partial charge on any atom is 0.310 e. The van der Waals surface area contributed by atoms with Gasteiger partial charge in [-0.25, -0.2) is 0 Å². The zero-order valence-corrected chi connectivity index (χ0v) is 13.8. The van der Waals surface area contributed by atoms with Crippen LogP contribution in [0.25, 0.3) is 0 Å². The van der Waals surface area contributed by atoms with E-state index >= 15 is 0 Å². The number of hydrogen-bond acceptors (Lipinski definition) is 3. The van der Waals surface area contributed by atoms with E-state index in [0.29, 0.717) is 19.4 Å². The van der Waals surface area contributed by atoms with Crippen molar-refractivity contribution in [3.63, 3.8) is 0 Å². The summed E-state index contributed by atoms with van der Waals surface area (Å²) >= 11 is 1.85. The summed E-state index contributed by atoms with van der Waals surface area (Å²) in [5, 5.41) is 12.5. The molecule has 0 saturated heterocycles. The smallest absolute Gasteiger partial charge is 0.310 e. The van der Waals surface area contributed by atoms with Gasteiger partial charge < -0.3 is 10.4 Å². The van der Waals surface area contributed by atoms with Crippen molar-refractivity contribution in [2.24, 2.45) is 5.41 Å². The monoisotopic (exact) mass is 313 g/mol. The van der Waals surface area contributed by atoms with Gasteiger partial charge in [0.15, 0.2) is 0 Å². The predicted molar refractivity (Wildman–Crippen MR) is 85.5 cm³/mol. The van der Waals surface area contributed by atoms with Crippen molar-refractivity contribution in [2.75, 3.05) is 12.8 Å². The van der Waals surface area contributed by atoms with E-state index in [2.05, 4.69) is 11.6 Å². The van der Waals surface area contributed by atoms with Gasteiger partial charge in [-0.2, -0.15) is 11.8 Å². The topological polar surface area (TPSA) is 66.4 Å². The SMILES string of the molecule is CSC1(CNC(=O)CC2(C(=O)O)CCCC2)CCCCC1. The van der Waals surface area contributed by atoms with Gasteiger partial charge in [0.2, 0.25) is 5.91 Å². The largest absolute Gasteiger partial charge is 0.481 e. The summed E-state index contributed by atoms with van der Waals surface area (Å²) in [7, 11) is 0. The quantitative estimate of drug-likeness (QED) is 0.790. The number of carbonyl (C=O) groups is 2. The molecule has 2 aliphatic carbocycles. The molecule has 0 heterocycles. The van der Waals surface area contributed by atoms with Crippen LogP contribution in [-0.4, -0.2) is 34.5 Å². The lowest BCUT2D eigenvalue weighted by Crippen LogP contribution is -2.44. The Balaban J connectivity index is 1.87. The number of carboxylic acids is 1. The predicted octanol–water partition coefficient (Wildman–Crippen LogP) is 3.20. The van der Waals surface area contributed by atoms with E-state index in [-0.39, 0.29) is 17.1 Å². The molecule has 0 bridgehead atoms. The third-order valence-electron chi connectivity index (χ3n) is 5.32. The van der Waals surface area contributed by atoms with E-state index < -0.39 is 11.4 Å². The molecule has 0 aliphatic heterocycles. The highest BCUT2D eigenvalue weighted by Gasteiger charge is 2.43. The third kappa shape index (κ3) is 3.93. The summed E-state index contributed by atoms with van der Waals surface area (Å²) in [6.07, 6.45) is 11.5. The second-order valence-corrected chi connectivity index (χ2v) is 7.97. The Morgan fingerprint density at radius 1 is 1.05 bits per heavy atom. The second kappa shape index (κ2) is 7.03. The molecular weight excluding hydrogens is 286 g/mol. The van der Waals surface area contributed by atoms with Crippen molar-refractivity contribution in [3.8, 4) is 0 Å². The molecule has 0 aromatic heterocycles. The number of aliphatic carboxylic acids is 1. The van der Waals surface area contributed by atoms with Crippen molar-refractivity contribution in [1.29, 1.82) is 0 Å². The van der Waals surface area contributed by atoms with Gasteiger partial charge in [0.1, 0.15) is 0 Å². The standard InChI is InChI=1S/C16H27NO3S/c1-21-16(9-3-2-4-10-16)12-17-13(18)11-15(14(19)20)7-5-6-8-15/h2-12H2,1H3,(H,17,18)(H,19,20). The molecule has 0 radical (unpaired) electrons. The highest BCUT2D eigenvalue weighted by Crippen LogP contribution is 2.42. The van der Waals surface area contributed by atoms with Crippen LogP contribution in [0.3, 0.4) is 0 Å². The number of hydrogen-bond donors (Lipinski definition) is 2. The van der Waals surface area contributed by atoms with Crippen LogP contribution < -0.4 is 5.32 Å². The van der Waals surface area contributed by atoms with E-state index in [9.17, 15) is 14.7 Å². The lowest BCUT2D eigenvalue weighted by atomic mass is 9.82. The highest BCUT2D eigenvalue weighted by molar-refractivity contribution is 8.00. The van der Waals surface area contributed by atoms with Crippen LogP contribution in [-0.2, 0) is 9.59 Å². The number of nitrogens with one attached hydrogen (secondary N) is 1. The molecule has 0 aromatic rings. The van der Waals surface area contributed by atoms with E-state index in [0.717, 1.165) is 25.7 Å². The molecule has 21 heavy (non-hydrogen) atoms. The summed E-state index contributed by atoms with van der Waals surface area (Å²) < 4.78 is 0.167. The Morgan fingerprint density at radius 2 is 1.62 bits per heavy atom. The molecule has 2 N–H and O–H groups in total. The Hall–Kier alpha value is -0.710. The van der Waals surface area contributed by atoms with Gasteiger partial charge in [-0.3, -0.25) is 9.59 Å². The van der Waals surface area contributed by atoms with E-state index in [1.165, 1.54) is 19.3 Å². The summed E-state index contributed by atoms with van der Waals surface area (Å²) in [4.78, 5) is 23.7. The first-order chi connectivity index (χ1) is 10.0. The van der Waals surface area contributed by atoms with Crippen LogP contribution in [0.1, 0.15) is 64.2 Å². The average Bonchev–Trinajstić information content (AvgIpc) is 2.96. The molecule has 2 aliphatic rings. The first-order valence-electron chi connectivity index (χ1n) is 8.07. The molecule has 0 aromatic carbocycles. The molecule has 2 saturated carbocycles. The normalized spacial score (nSPS) is 23.7. The Morgan fingerprint density at radius 3 is 2.14 bits per heavy atom. The first kappa shape index (κ1) is 16.7. The summed E-state index contributed by atoms with van der Waals surface area (Å²) in [5.41, 5.74) is -0.802. The number of carboxylic acid groups (broad SMARTS) is 1. The van der Waals surface area contributed by atoms with Gasteiger partial charge in [-0.15, -0.1) is 0 Å². The minimum Gasteiger partial charge on any atom is -0.481 e. The van der Waals surface area contributed by atoms with Crippen molar-refractivity contribution >= 4 is 23.6 Å². The first-order valence-corrected chi connectivity index (χ1v) is 9.30. The fourth-order valence-corrected chi connectivity index (χ4v) is 4.71. The molecule has 0 atom stereocenters. The van der Waals surface area contributed by atoms with Crippen LogP contribution >= 0.6 is 11.8 Å². The summed E-state index contributed by atoms with van der Waals surface area (Å²) in [6, 6.07) is 0. The molecule has 1 amide bonds. The molecular formula is C16H27NO3S. The van der Waals surface area contributed by atoms with Crippen molar-refractivity contribution in [1.82, 2.24) is 5.32 Å². The summed E-state index contributed by atoms with van der Waals surface area (Å²) in [5.74, 6) is -0.884. The zero-order chi connectivity index (χ0) is 15.3. The number of thioether (sulfide) groups is 1. The Labute approximate surface area is 131 Å². The van der Waals surface area contributed by atoms with Gasteiger partial charge >= 0.3 is 5.97 Å². The number of carbonyl (C=O) groups excluding carboxylic acids is 1. The van der Waals surface area contributed by atoms with Gasteiger partial charge in [0.05, 0.1) is 5.41 Å². The van der Waals surface area contributed by atoms with Crippen LogP contribution in [0.4, 0.5) is 0 Å². The van der Waals surface area contributed by atoms with Crippen LogP contribution in [0, 0.1) is 5.41 Å². The fraction of sp³-hybridized carbons (Fsp3) is 0.875. The minimum atomic E-state index is -0.802. The zero-order valence-electron chi connectivity index (χ0n) is 13.0. The molecule has 0 spiro atoms. The minimum absolute atomic E-state index is 0.0849. The Kier molecular flexibility index (Phi) is 5.58. The van der Waals surface area contributed by atoms with Crippen LogP contribution in [0.2, 0.25) is 0 Å².